The van der Waals surface area contributed by atoms with Gasteiger partial charge >= 0.3 is 0 Å². The first-order chi connectivity index (χ1) is 11.7. The molecule has 0 aliphatic carbocycles. The summed E-state index contributed by atoms with van der Waals surface area (Å²) in [6, 6.07) is 4.78. The predicted octanol–water partition coefficient (Wildman–Crippen LogP) is 3.72. The number of alkyl halides is 2. The fraction of sp³-hybridized carbons (Fsp3) is 0.353. The standard InChI is InChI=1S/C17H17F2N5/c18-16(19)12-4-5-15-21-10-14(24(15)11-12)13-6-7-20-17(22-13)23-8-2-1-3-9-23/h4-7,10-11,16H,1-3,8-9H2. The van der Waals surface area contributed by atoms with Gasteiger partial charge in [-0.25, -0.2) is 23.7 Å². The molecule has 0 atom stereocenters. The molecule has 1 fully saturated rings. The maximum absolute atomic E-state index is 13.0. The van der Waals surface area contributed by atoms with Crippen LogP contribution in [0.1, 0.15) is 31.3 Å². The van der Waals surface area contributed by atoms with Crippen LogP contribution in [0.15, 0.2) is 36.8 Å². The molecule has 0 saturated carbocycles. The summed E-state index contributed by atoms with van der Waals surface area (Å²) in [6.07, 6.45) is 5.79. The van der Waals surface area contributed by atoms with Gasteiger partial charge in [0.05, 0.1) is 17.6 Å². The summed E-state index contributed by atoms with van der Waals surface area (Å²) in [7, 11) is 0. The number of piperidine rings is 1. The summed E-state index contributed by atoms with van der Waals surface area (Å²) in [4.78, 5) is 15.4. The van der Waals surface area contributed by atoms with Crippen molar-refractivity contribution in [1.82, 2.24) is 19.4 Å². The largest absolute Gasteiger partial charge is 0.341 e. The van der Waals surface area contributed by atoms with E-state index in [-0.39, 0.29) is 5.56 Å². The molecule has 4 heterocycles. The van der Waals surface area contributed by atoms with Gasteiger partial charge in [-0.15, -0.1) is 0 Å². The monoisotopic (exact) mass is 329 g/mol. The number of fused-ring (bicyclic) bond motifs is 1. The van der Waals surface area contributed by atoms with E-state index in [9.17, 15) is 8.78 Å². The fourth-order valence-electron chi connectivity index (χ4n) is 3.05. The zero-order valence-corrected chi connectivity index (χ0v) is 13.1. The van der Waals surface area contributed by atoms with Crippen molar-refractivity contribution in [3.63, 3.8) is 0 Å². The lowest BCUT2D eigenvalue weighted by Gasteiger charge is -2.26. The molecule has 4 rings (SSSR count). The Morgan fingerprint density at radius 2 is 1.83 bits per heavy atom. The number of pyridine rings is 1. The Labute approximate surface area is 138 Å². The molecule has 0 N–H and O–H groups in total. The normalized spacial score (nSPS) is 15.4. The van der Waals surface area contributed by atoms with E-state index >= 15 is 0 Å². The van der Waals surface area contributed by atoms with E-state index < -0.39 is 6.43 Å². The number of rotatable bonds is 3. The Hall–Kier alpha value is -2.57. The number of hydrogen-bond acceptors (Lipinski definition) is 4. The summed E-state index contributed by atoms with van der Waals surface area (Å²) in [5.41, 5.74) is 1.96. The number of anilines is 1. The molecule has 1 aliphatic heterocycles. The highest BCUT2D eigenvalue weighted by molar-refractivity contribution is 5.61. The summed E-state index contributed by atoms with van der Waals surface area (Å²) in [5.74, 6) is 0.687. The molecule has 0 radical (unpaired) electrons. The summed E-state index contributed by atoms with van der Waals surface area (Å²) < 4.78 is 27.6. The highest BCUT2D eigenvalue weighted by atomic mass is 19.3. The third-order valence-electron chi connectivity index (χ3n) is 4.32. The van der Waals surface area contributed by atoms with Crippen LogP contribution in [-0.4, -0.2) is 32.4 Å². The quantitative estimate of drug-likeness (QED) is 0.735. The molecule has 124 valence electrons. The Balaban J connectivity index is 1.75. The smallest absolute Gasteiger partial charge is 0.265 e. The van der Waals surface area contributed by atoms with E-state index in [4.69, 9.17) is 0 Å². The van der Waals surface area contributed by atoms with Crippen LogP contribution in [0.25, 0.3) is 17.0 Å². The maximum Gasteiger partial charge on any atom is 0.265 e. The first kappa shape index (κ1) is 15.0. The van der Waals surface area contributed by atoms with Crippen molar-refractivity contribution in [1.29, 1.82) is 0 Å². The molecule has 1 aliphatic rings. The van der Waals surface area contributed by atoms with Crippen molar-refractivity contribution in [2.45, 2.75) is 25.7 Å². The second-order valence-corrected chi connectivity index (χ2v) is 5.92. The van der Waals surface area contributed by atoms with Gasteiger partial charge in [0.15, 0.2) is 0 Å². The van der Waals surface area contributed by atoms with Gasteiger partial charge in [-0.3, -0.25) is 4.40 Å². The topological polar surface area (TPSA) is 46.3 Å². The van der Waals surface area contributed by atoms with Crippen LogP contribution in [0.5, 0.6) is 0 Å². The number of halogens is 2. The van der Waals surface area contributed by atoms with E-state index in [0.717, 1.165) is 25.9 Å². The second-order valence-electron chi connectivity index (χ2n) is 5.92. The summed E-state index contributed by atoms with van der Waals surface area (Å²) in [5, 5.41) is 0. The summed E-state index contributed by atoms with van der Waals surface area (Å²) >= 11 is 0. The van der Waals surface area contributed by atoms with Gasteiger partial charge in [0.2, 0.25) is 5.95 Å². The second kappa shape index (κ2) is 6.14. The SMILES string of the molecule is FC(F)c1ccc2ncc(-c3ccnc(N4CCCCC4)n3)n2c1. The third-order valence-corrected chi connectivity index (χ3v) is 4.32. The highest BCUT2D eigenvalue weighted by Crippen LogP contribution is 2.25. The Morgan fingerprint density at radius 1 is 1.00 bits per heavy atom. The molecule has 0 spiro atoms. The Morgan fingerprint density at radius 3 is 2.62 bits per heavy atom. The molecule has 5 nitrogen and oxygen atoms in total. The third kappa shape index (κ3) is 2.70. The van der Waals surface area contributed by atoms with Crippen LogP contribution in [0.2, 0.25) is 0 Å². The Bertz CT molecular complexity index is 855. The number of imidazole rings is 1. The van der Waals surface area contributed by atoms with Crippen LogP contribution in [0.3, 0.4) is 0 Å². The molecule has 3 aromatic rings. The highest BCUT2D eigenvalue weighted by Gasteiger charge is 2.16. The number of aromatic nitrogens is 4. The van der Waals surface area contributed by atoms with Crippen LogP contribution < -0.4 is 4.90 Å². The van der Waals surface area contributed by atoms with Gasteiger partial charge in [0, 0.05) is 31.0 Å². The molecule has 0 unspecified atom stereocenters. The minimum Gasteiger partial charge on any atom is -0.341 e. The minimum atomic E-state index is -2.51. The van der Waals surface area contributed by atoms with Crippen LogP contribution in [-0.2, 0) is 0 Å². The molecule has 7 heteroatoms. The first-order valence-corrected chi connectivity index (χ1v) is 8.06. The van der Waals surface area contributed by atoms with E-state index in [1.807, 2.05) is 0 Å². The zero-order chi connectivity index (χ0) is 16.5. The predicted molar refractivity (Wildman–Crippen MR) is 87.2 cm³/mol. The van der Waals surface area contributed by atoms with Crippen LogP contribution >= 0.6 is 0 Å². The van der Waals surface area contributed by atoms with Gasteiger partial charge in [0.25, 0.3) is 6.43 Å². The number of nitrogens with zero attached hydrogens (tertiary/aromatic N) is 5. The van der Waals surface area contributed by atoms with Crippen molar-refractivity contribution in [3.05, 3.63) is 42.4 Å². The molecule has 0 bridgehead atoms. The van der Waals surface area contributed by atoms with Crippen molar-refractivity contribution < 1.29 is 8.78 Å². The van der Waals surface area contributed by atoms with Crippen LogP contribution in [0, 0.1) is 0 Å². The van der Waals surface area contributed by atoms with E-state index in [2.05, 4.69) is 19.9 Å². The van der Waals surface area contributed by atoms with E-state index in [0.29, 0.717) is 23.0 Å². The van der Waals surface area contributed by atoms with Gasteiger partial charge < -0.3 is 4.90 Å². The lowest BCUT2D eigenvalue weighted by atomic mass is 10.1. The maximum atomic E-state index is 13.0. The van der Waals surface area contributed by atoms with E-state index in [1.165, 1.54) is 18.7 Å². The van der Waals surface area contributed by atoms with Gasteiger partial charge in [-0.2, -0.15) is 0 Å². The molecule has 1 saturated heterocycles. The summed E-state index contributed by atoms with van der Waals surface area (Å²) in [6.45, 7) is 1.90. The lowest BCUT2D eigenvalue weighted by Crippen LogP contribution is -2.31. The van der Waals surface area contributed by atoms with Crippen molar-refractivity contribution in [2.75, 3.05) is 18.0 Å². The van der Waals surface area contributed by atoms with Gasteiger partial charge in [0.1, 0.15) is 5.65 Å². The van der Waals surface area contributed by atoms with Crippen molar-refractivity contribution in [3.8, 4) is 11.4 Å². The minimum absolute atomic E-state index is 0.0351. The molecule has 0 amide bonds. The molecular weight excluding hydrogens is 312 g/mol. The molecule has 24 heavy (non-hydrogen) atoms. The zero-order valence-electron chi connectivity index (χ0n) is 13.1. The van der Waals surface area contributed by atoms with Crippen molar-refractivity contribution in [2.24, 2.45) is 0 Å². The Kier molecular flexibility index (Phi) is 3.84. The van der Waals surface area contributed by atoms with Gasteiger partial charge in [-0.1, -0.05) is 0 Å². The molecular formula is C17H17F2N5. The molecule has 3 aromatic heterocycles. The van der Waals surface area contributed by atoms with Crippen LogP contribution in [0.4, 0.5) is 14.7 Å². The lowest BCUT2D eigenvalue weighted by molar-refractivity contribution is 0.151. The van der Waals surface area contributed by atoms with Gasteiger partial charge in [-0.05, 0) is 37.5 Å². The molecule has 0 aromatic carbocycles. The average Bonchev–Trinajstić information content (AvgIpc) is 3.05. The number of hydrogen-bond donors (Lipinski definition) is 0. The van der Waals surface area contributed by atoms with E-state index in [1.54, 1.807) is 28.9 Å². The average molecular weight is 329 g/mol. The first-order valence-electron chi connectivity index (χ1n) is 8.06. The van der Waals surface area contributed by atoms with Crippen molar-refractivity contribution >= 4 is 11.6 Å². The fourth-order valence-corrected chi connectivity index (χ4v) is 3.05.